The first-order chi connectivity index (χ1) is 3.56. The smallest absolute Gasteiger partial charge is 0.0781 e. The van der Waals surface area contributed by atoms with E-state index in [2.05, 4.69) is 31.1 Å². The van der Waals surface area contributed by atoms with Gasteiger partial charge in [-0.1, -0.05) is 25.3 Å². The predicted molar refractivity (Wildman–Crippen MR) is 41.7 cm³/mol. The van der Waals surface area contributed by atoms with Crippen molar-refractivity contribution in [3.8, 4) is 0 Å². The molecule has 0 aromatic heterocycles. The Balaban J connectivity index is 3.89. The van der Waals surface area contributed by atoms with E-state index < -0.39 is 8.07 Å². The molecule has 0 atom stereocenters. The molecular weight excluding hydrogens is 112 g/mol. The Morgan fingerprint density at radius 2 is 1.75 bits per heavy atom. The third-order valence-electron chi connectivity index (χ3n) is 0.683. The van der Waals surface area contributed by atoms with Gasteiger partial charge in [0.2, 0.25) is 0 Å². The first-order valence-corrected chi connectivity index (χ1v) is 6.52. The van der Waals surface area contributed by atoms with Gasteiger partial charge in [-0.2, -0.15) is 0 Å². The number of hydrogen-bond acceptors (Lipinski definition) is 0. The van der Waals surface area contributed by atoms with Crippen molar-refractivity contribution in [3.05, 3.63) is 17.5 Å². The van der Waals surface area contributed by atoms with Gasteiger partial charge >= 0.3 is 0 Å². The Labute approximate surface area is 52.9 Å². The highest BCUT2D eigenvalue weighted by Gasteiger charge is 2.05. The Kier molecular flexibility index (Phi) is 2.81. The summed E-state index contributed by atoms with van der Waals surface area (Å²) < 4.78 is 0. The maximum atomic E-state index is 3.10. The largest absolute Gasteiger partial charge is 0.134 e. The van der Waals surface area contributed by atoms with Gasteiger partial charge in [-0.25, -0.2) is 0 Å². The highest BCUT2D eigenvalue weighted by atomic mass is 28.3. The monoisotopic (exact) mass is 126 g/mol. The summed E-state index contributed by atoms with van der Waals surface area (Å²) in [5.41, 5.74) is 5.30. The fourth-order valence-corrected chi connectivity index (χ4v) is 1.00. The lowest BCUT2D eigenvalue weighted by molar-refractivity contribution is 1.73. The van der Waals surface area contributed by atoms with Crippen LogP contribution in [0.5, 0.6) is 0 Å². The highest BCUT2D eigenvalue weighted by molar-refractivity contribution is 6.80. The van der Waals surface area contributed by atoms with Crippen LogP contribution in [0.1, 0.15) is 6.92 Å². The second-order valence-electron chi connectivity index (χ2n) is 2.97. The normalized spacial score (nSPS) is 10.0. The fourth-order valence-electron chi connectivity index (χ4n) is 0.333. The minimum atomic E-state index is -0.946. The summed E-state index contributed by atoms with van der Waals surface area (Å²) in [6, 6.07) is 0. The van der Waals surface area contributed by atoms with Crippen molar-refractivity contribution < 1.29 is 0 Å². The average Bonchev–Trinajstić information content (AvgIpc) is 1.59. The molecule has 0 aliphatic rings. The Hall–Kier alpha value is -0.263. The quantitative estimate of drug-likeness (QED) is 0.374. The zero-order valence-electron chi connectivity index (χ0n) is 6.15. The molecule has 0 aliphatic carbocycles. The van der Waals surface area contributed by atoms with Crippen molar-refractivity contribution in [2.45, 2.75) is 26.6 Å². The van der Waals surface area contributed by atoms with Gasteiger partial charge in [-0.3, -0.25) is 0 Å². The molecule has 0 radical (unpaired) electrons. The van der Waals surface area contributed by atoms with Crippen LogP contribution in [0.4, 0.5) is 0 Å². The first kappa shape index (κ1) is 7.74. The summed E-state index contributed by atoms with van der Waals surface area (Å²) in [7, 11) is -0.946. The van der Waals surface area contributed by atoms with Gasteiger partial charge in [0.1, 0.15) is 0 Å². The van der Waals surface area contributed by atoms with Crippen molar-refractivity contribution >= 4 is 8.07 Å². The van der Waals surface area contributed by atoms with E-state index >= 15 is 0 Å². The van der Waals surface area contributed by atoms with Crippen LogP contribution in [-0.2, 0) is 0 Å². The van der Waals surface area contributed by atoms with E-state index in [9.17, 15) is 0 Å². The van der Waals surface area contributed by atoms with Crippen LogP contribution in [0.15, 0.2) is 17.5 Å². The molecule has 46 valence electrons. The van der Waals surface area contributed by atoms with Gasteiger partial charge < -0.3 is 0 Å². The van der Waals surface area contributed by atoms with E-state index in [0.29, 0.717) is 0 Å². The molecule has 0 bridgehead atoms. The Morgan fingerprint density at radius 1 is 1.25 bits per heavy atom. The van der Waals surface area contributed by atoms with Crippen LogP contribution >= 0.6 is 0 Å². The molecule has 8 heavy (non-hydrogen) atoms. The lowest BCUT2D eigenvalue weighted by atomic mass is 10.7. The van der Waals surface area contributed by atoms with E-state index in [4.69, 9.17) is 0 Å². The first-order valence-electron chi connectivity index (χ1n) is 2.94. The molecule has 0 aliphatic heterocycles. The van der Waals surface area contributed by atoms with Gasteiger partial charge in [-0.05, 0) is 13.0 Å². The van der Waals surface area contributed by atoms with Crippen LogP contribution in [0.3, 0.4) is 0 Å². The minimum Gasteiger partial charge on any atom is -0.134 e. The van der Waals surface area contributed by atoms with Gasteiger partial charge in [0.15, 0.2) is 0 Å². The van der Waals surface area contributed by atoms with Gasteiger partial charge in [0.25, 0.3) is 0 Å². The zero-order valence-corrected chi connectivity index (χ0v) is 7.15. The van der Waals surface area contributed by atoms with Gasteiger partial charge in [0.05, 0.1) is 8.07 Å². The maximum Gasteiger partial charge on any atom is 0.0781 e. The molecule has 0 amide bonds. The molecule has 1 heteroatoms. The lowest BCUT2D eigenvalue weighted by Gasteiger charge is -2.04. The molecule has 0 fully saturated rings. The molecule has 0 aromatic carbocycles. The number of hydrogen-bond donors (Lipinski definition) is 0. The van der Waals surface area contributed by atoms with E-state index in [0.717, 1.165) is 0 Å². The summed E-state index contributed by atoms with van der Waals surface area (Å²) in [6.07, 6.45) is 1.96. The van der Waals surface area contributed by atoms with Crippen LogP contribution in [-0.4, -0.2) is 8.07 Å². The molecule has 0 spiro atoms. The van der Waals surface area contributed by atoms with Crippen LogP contribution in [0, 0.1) is 0 Å². The zero-order chi connectivity index (χ0) is 6.62. The van der Waals surface area contributed by atoms with Gasteiger partial charge in [0, 0.05) is 0 Å². The average molecular weight is 126 g/mol. The standard InChI is InChI=1S/C7H14Si/c1-5-6-7-8(2,3)4/h5,7H,1-4H3. The minimum absolute atomic E-state index is 0.946. The van der Waals surface area contributed by atoms with Crippen molar-refractivity contribution in [1.29, 1.82) is 0 Å². The van der Waals surface area contributed by atoms with Crippen LogP contribution in [0.2, 0.25) is 19.6 Å². The molecule has 0 saturated carbocycles. The van der Waals surface area contributed by atoms with E-state index in [1.54, 1.807) is 0 Å². The van der Waals surface area contributed by atoms with Crippen molar-refractivity contribution in [2.24, 2.45) is 0 Å². The van der Waals surface area contributed by atoms with Gasteiger partial charge in [-0.15, -0.1) is 5.73 Å². The molecule has 0 unspecified atom stereocenters. The molecule has 0 nitrogen and oxygen atoms in total. The number of allylic oxidation sites excluding steroid dienone is 1. The summed E-state index contributed by atoms with van der Waals surface area (Å²) in [6.45, 7) is 8.88. The van der Waals surface area contributed by atoms with E-state index in [1.165, 1.54) is 0 Å². The van der Waals surface area contributed by atoms with E-state index in [-0.39, 0.29) is 0 Å². The molecular formula is C7H14Si. The molecule has 0 aromatic rings. The molecule has 0 heterocycles. The van der Waals surface area contributed by atoms with Crippen molar-refractivity contribution in [3.63, 3.8) is 0 Å². The van der Waals surface area contributed by atoms with Crippen molar-refractivity contribution in [1.82, 2.24) is 0 Å². The maximum absolute atomic E-state index is 3.10. The fraction of sp³-hybridized carbons (Fsp3) is 0.571. The predicted octanol–water partition coefficient (Wildman–Crippen LogP) is 2.60. The van der Waals surface area contributed by atoms with Crippen LogP contribution in [0.25, 0.3) is 0 Å². The number of rotatable bonds is 1. The summed E-state index contributed by atoms with van der Waals surface area (Å²) in [5, 5.41) is 0. The Bertz CT molecular complexity index is 111. The summed E-state index contributed by atoms with van der Waals surface area (Å²) in [4.78, 5) is 0. The Morgan fingerprint density at radius 3 is 1.88 bits per heavy atom. The highest BCUT2D eigenvalue weighted by Crippen LogP contribution is 1.99. The summed E-state index contributed by atoms with van der Waals surface area (Å²) in [5.74, 6) is 0. The third kappa shape index (κ3) is 5.74. The lowest BCUT2D eigenvalue weighted by Crippen LogP contribution is -2.14. The topological polar surface area (TPSA) is 0 Å². The third-order valence-corrected chi connectivity index (χ3v) is 1.72. The molecule has 0 N–H and O–H groups in total. The molecule has 0 saturated heterocycles. The van der Waals surface area contributed by atoms with Crippen LogP contribution < -0.4 is 0 Å². The second kappa shape index (κ2) is 2.90. The van der Waals surface area contributed by atoms with E-state index in [1.807, 2.05) is 13.0 Å². The molecule has 0 rings (SSSR count). The van der Waals surface area contributed by atoms with Crippen molar-refractivity contribution in [2.75, 3.05) is 0 Å². The summed E-state index contributed by atoms with van der Waals surface area (Å²) >= 11 is 0. The SMILES string of the molecule is CC=C=C[Si](C)(C)C. The second-order valence-corrected chi connectivity index (χ2v) is 7.99.